The van der Waals surface area contributed by atoms with E-state index in [1.165, 1.54) is 0 Å². The molecule has 0 rings (SSSR count). The number of ether oxygens (including phenoxy) is 1. The number of hydrogen-bond acceptors (Lipinski definition) is 4. The number of carbonyl (C=O) groups is 1. The van der Waals surface area contributed by atoms with Crippen molar-refractivity contribution in [3.05, 3.63) is 12.2 Å². The monoisotopic (exact) mass is 344 g/mol. The van der Waals surface area contributed by atoms with Crippen molar-refractivity contribution in [2.45, 2.75) is 52.2 Å². The van der Waals surface area contributed by atoms with Crippen LogP contribution in [0.25, 0.3) is 0 Å². The average molecular weight is 345 g/mol. The molecule has 0 aromatic rings. The van der Waals surface area contributed by atoms with Crippen LogP contribution in [0.1, 0.15) is 6.92 Å². The quantitative estimate of drug-likeness (QED) is 0.293. The molecule has 4 nitrogen and oxygen atoms in total. The Bertz CT molecular complexity index is 436. The van der Waals surface area contributed by atoms with Crippen molar-refractivity contribution in [2.24, 2.45) is 0 Å². The SMILES string of the molecule is C#C[Si](C)(C)O[Si](C)(C)O[Si](C)(C)CCOC(=O)C(=C)C. The fourth-order valence-corrected chi connectivity index (χ4v) is 13.9. The lowest BCUT2D eigenvalue weighted by Gasteiger charge is -2.36. The van der Waals surface area contributed by atoms with Gasteiger partial charge >= 0.3 is 14.5 Å². The topological polar surface area (TPSA) is 44.8 Å². The summed E-state index contributed by atoms with van der Waals surface area (Å²) in [5.41, 5.74) is 3.17. The van der Waals surface area contributed by atoms with Gasteiger partial charge in [-0.1, -0.05) is 6.58 Å². The minimum absolute atomic E-state index is 0.353. The Balaban J connectivity index is 4.49. The van der Waals surface area contributed by atoms with Gasteiger partial charge in [-0.15, -0.1) is 12.0 Å². The predicted molar refractivity (Wildman–Crippen MR) is 94.0 cm³/mol. The molecule has 0 spiro atoms. The lowest BCUT2D eigenvalue weighted by Crippen LogP contribution is -2.52. The third kappa shape index (κ3) is 9.06. The molecule has 0 atom stereocenters. The highest BCUT2D eigenvalue weighted by molar-refractivity contribution is 6.90. The summed E-state index contributed by atoms with van der Waals surface area (Å²) in [6, 6.07) is 0.726. The van der Waals surface area contributed by atoms with E-state index in [1.807, 2.05) is 26.2 Å². The molecule has 0 aliphatic heterocycles. The molecule has 0 aliphatic carbocycles. The van der Waals surface area contributed by atoms with Gasteiger partial charge in [0.15, 0.2) is 8.32 Å². The van der Waals surface area contributed by atoms with Gasteiger partial charge in [0.2, 0.25) is 0 Å². The van der Waals surface area contributed by atoms with Crippen LogP contribution in [0.15, 0.2) is 12.2 Å². The smallest absolute Gasteiger partial charge is 0.333 e. The maximum atomic E-state index is 11.4. The van der Waals surface area contributed by atoms with Gasteiger partial charge in [0, 0.05) is 5.57 Å². The van der Waals surface area contributed by atoms with Crippen molar-refractivity contribution < 1.29 is 17.8 Å². The molecule has 0 fully saturated rings. The van der Waals surface area contributed by atoms with Crippen molar-refractivity contribution in [3.8, 4) is 12.0 Å². The molecule has 0 N–H and O–H groups in total. The lowest BCUT2D eigenvalue weighted by atomic mass is 10.4. The summed E-state index contributed by atoms with van der Waals surface area (Å²) in [4.78, 5) is 11.4. The Hall–Kier alpha value is -0.659. The average Bonchev–Trinajstić information content (AvgIpc) is 2.25. The summed E-state index contributed by atoms with van der Waals surface area (Å²) in [5, 5.41) is 0. The number of terminal acetylenes is 1. The largest absolute Gasteiger partial charge is 0.463 e. The molecule has 21 heavy (non-hydrogen) atoms. The Kier molecular flexibility index (Phi) is 7.32. The van der Waals surface area contributed by atoms with E-state index in [4.69, 9.17) is 19.4 Å². The van der Waals surface area contributed by atoms with Crippen LogP contribution in [-0.4, -0.2) is 37.8 Å². The fraction of sp³-hybridized carbons (Fsp3) is 0.643. The molecular formula is C14H28O4Si3. The van der Waals surface area contributed by atoms with Gasteiger partial charge in [-0.3, -0.25) is 0 Å². The standard InChI is InChI=1S/C14H28O4Si3/c1-10-19(4,5)17-21(8,9)18-20(6,7)12-11-16-14(15)13(2)3/h1H,2,11-12H2,3-9H3. The molecule has 0 bridgehead atoms. The first-order valence-corrected chi connectivity index (χ1v) is 15.8. The fourth-order valence-electron chi connectivity index (χ4n) is 1.89. The maximum absolute atomic E-state index is 11.4. The van der Waals surface area contributed by atoms with Gasteiger partial charge < -0.3 is 13.0 Å². The number of rotatable bonds is 8. The molecule has 0 aliphatic rings. The van der Waals surface area contributed by atoms with E-state index in [0.29, 0.717) is 12.2 Å². The number of hydrogen-bond donors (Lipinski definition) is 0. The van der Waals surface area contributed by atoms with Crippen molar-refractivity contribution >= 4 is 31.2 Å². The van der Waals surface area contributed by atoms with Crippen molar-refractivity contribution in [1.29, 1.82) is 0 Å². The first-order valence-electron chi connectivity index (χ1n) is 7.01. The van der Waals surface area contributed by atoms with Crippen LogP contribution < -0.4 is 0 Å². The number of esters is 1. The Morgan fingerprint density at radius 2 is 1.67 bits per heavy atom. The van der Waals surface area contributed by atoms with Gasteiger partial charge in [0.05, 0.1) is 6.61 Å². The van der Waals surface area contributed by atoms with Gasteiger partial charge in [-0.2, -0.15) is 0 Å². The molecule has 0 heterocycles. The van der Waals surface area contributed by atoms with E-state index in [1.54, 1.807) is 6.92 Å². The number of carbonyl (C=O) groups excluding carboxylic acids is 1. The van der Waals surface area contributed by atoms with Gasteiger partial charge in [0.25, 0.3) is 8.32 Å². The zero-order valence-corrected chi connectivity index (χ0v) is 17.3. The zero-order chi connectivity index (χ0) is 16.9. The minimum atomic E-state index is -2.27. The molecule has 0 aromatic carbocycles. The lowest BCUT2D eigenvalue weighted by molar-refractivity contribution is -0.138. The molecule has 120 valence electrons. The van der Waals surface area contributed by atoms with Gasteiger partial charge in [0.1, 0.15) is 0 Å². The van der Waals surface area contributed by atoms with E-state index >= 15 is 0 Å². The van der Waals surface area contributed by atoms with Crippen LogP contribution in [-0.2, 0) is 17.8 Å². The summed E-state index contributed by atoms with van der Waals surface area (Å²) in [7, 11) is -6.33. The molecule has 0 unspecified atom stereocenters. The second-order valence-electron chi connectivity index (χ2n) is 6.68. The summed E-state index contributed by atoms with van der Waals surface area (Å²) in [5.74, 6) is -0.353. The zero-order valence-electron chi connectivity index (χ0n) is 14.3. The highest BCUT2D eigenvalue weighted by Gasteiger charge is 2.39. The molecule has 0 amide bonds. The maximum Gasteiger partial charge on any atom is 0.333 e. The first-order chi connectivity index (χ1) is 9.30. The van der Waals surface area contributed by atoms with E-state index in [2.05, 4.69) is 25.2 Å². The Labute approximate surface area is 132 Å². The third-order valence-electron chi connectivity index (χ3n) is 2.66. The first kappa shape index (κ1) is 20.3. The van der Waals surface area contributed by atoms with Crippen LogP contribution in [0.2, 0.25) is 45.3 Å². The third-order valence-corrected chi connectivity index (χ3v) is 12.9. The van der Waals surface area contributed by atoms with Crippen LogP contribution in [0, 0.1) is 12.0 Å². The second-order valence-corrected chi connectivity index (χ2v) is 18.4. The summed E-state index contributed by atoms with van der Waals surface area (Å²) >= 11 is 0. The van der Waals surface area contributed by atoms with Gasteiger partial charge in [-0.25, -0.2) is 4.79 Å². The normalized spacial score (nSPS) is 12.7. The highest BCUT2D eigenvalue weighted by atomic mass is 28.5. The van der Waals surface area contributed by atoms with Crippen LogP contribution in [0.5, 0.6) is 0 Å². The highest BCUT2D eigenvalue weighted by Crippen LogP contribution is 2.22. The van der Waals surface area contributed by atoms with E-state index in [0.717, 1.165) is 6.04 Å². The molecule has 0 saturated heterocycles. The Morgan fingerprint density at radius 3 is 2.10 bits per heavy atom. The second kappa shape index (κ2) is 7.56. The molecule has 0 aromatic heterocycles. The van der Waals surface area contributed by atoms with Crippen LogP contribution >= 0.6 is 0 Å². The summed E-state index contributed by atoms with van der Waals surface area (Å²) in [6.07, 6.45) is 5.52. The molecule has 7 heteroatoms. The van der Waals surface area contributed by atoms with E-state index in [-0.39, 0.29) is 5.97 Å². The van der Waals surface area contributed by atoms with Crippen molar-refractivity contribution in [2.75, 3.05) is 6.61 Å². The van der Waals surface area contributed by atoms with Crippen LogP contribution in [0.3, 0.4) is 0 Å². The molecular weight excluding hydrogens is 316 g/mol. The van der Waals surface area contributed by atoms with E-state index in [9.17, 15) is 4.79 Å². The van der Waals surface area contributed by atoms with Crippen molar-refractivity contribution in [3.63, 3.8) is 0 Å². The van der Waals surface area contributed by atoms with Gasteiger partial charge in [-0.05, 0) is 52.2 Å². The van der Waals surface area contributed by atoms with E-state index < -0.39 is 25.2 Å². The van der Waals surface area contributed by atoms with Crippen molar-refractivity contribution in [1.82, 2.24) is 0 Å². The molecule has 0 saturated carbocycles. The summed E-state index contributed by atoms with van der Waals surface area (Å²) in [6.45, 7) is 17.8. The predicted octanol–water partition coefficient (Wildman–Crippen LogP) is 3.42. The minimum Gasteiger partial charge on any atom is -0.463 e. The summed E-state index contributed by atoms with van der Waals surface area (Å²) < 4.78 is 17.5. The van der Waals surface area contributed by atoms with Crippen LogP contribution in [0.4, 0.5) is 0 Å². The Morgan fingerprint density at radius 1 is 1.14 bits per heavy atom. The molecule has 0 radical (unpaired) electrons.